The Kier molecular flexibility index (Phi) is 38.4. The van der Waals surface area contributed by atoms with Crippen LogP contribution in [0.5, 0.6) is 0 Å². The predicted molar refractivity (Wildman–Crippen MR) is 165 cm³/mol. The molecule has 230 valence electrons. The number of thiol groups is 1. The molecule has 7 heteroatoms. The molecule has 0 aliphatic carbocycles. The van der Waals surface area contributed by atoms with Crippen LogP contribution in [0.3, 0.4) is 0 Å². The average molecular weight is 564 g/mol. The normalized spacial score (nSPS) is 11.0. The lowest BCUT2D eigenvalue weighted by atomic mass is 10.1. The Morgan fingerprint density at radius 2 is 1.08 bits per heavy atom. The number of carbonyl (C=O) groups is 1. The van der Waals surface area contributed by atoms with Gasteiger partial charge in [-0.05, 0) is 50.9 Å². The number of esters is 1. The smallest absolute Gasteiger partial charge is 0.305 e. The van der Waals surface area contributed by atoms with Crippen molar-refractivity contribution in [1.29, 1.82) is 0 Å². The minimum atomic E-state index is -0.170. The second-order valence-electron chi connectivity index (χ2n) is 10.3. The van der Waals surface area contributed by atoms with Crippen LogP contribution >= 0.6 is 12.6 Å². The molecule has 38 heavy (non-hydrogen) atoms. The highest BCUT2D eigenvalue weighted by Crippen LogP contribution is 2.11. The predicted octanol–water partition coefficient (Wildman–Crippen LogP) is 7.55. The van der Waals surface area contributed by atoms with Gasteiger partial charge in [-0.25, -0.2) is 0 Å². The van der Waals surface area contributed by atoms with E-state index in [0.717, 1.165) is 57.5 Å². The quantitative estimate of drug-likeness (QED) is 0.0377. The number of hydrogen-bond donors (Lipinski definition) is 3. The molecule has 0 amide bonds. The molecule has 0 spiro atoms. The number of hydrogen-bond acceptors (Lipinski definition) is 7. The highest BCUT2D eigenvalue weighted by molar-refractivity contribution is 7.80. The van der Waals surface area contributed by atoms with Crippen molar-refractivity contribution in [3.05, 3.63) is 0 Å². The van der Waals surface area contributed by atoms with Gasteiger partial charge in [0.05, 0.1) is 13.2 Å². The number of carbonyl (C=O) groups excluding carboxylic acids is 1. The van der Waals surface area contributed by atoms with E-state index in [4.69, 9.17) is 14.6 Å². The van der Waals surface area contributed by atoms with Crippen LogP contribution in [0.4, 0.5) is 0 Å². The van der Waals surface area contributed by atoms with Crippen molar-refractivity contribution in [1.82, 2.24) is 4.90 Å². The molecule has 0 atom stereocenters. The molecule has 0 aromatic rings. The van der Waals surface area contributed by atoms with Gasteiger partial charge in [0.2, 0.25) is 0 Å². The van der Waals surface area contributed by atoms with E-state index >= 15 is 0 Å². The maximum absolute atomic E-state index is 11.9. The van der Waals surface area contributed by atoms with Crippen molar-refractivity contribution >= 4 is 18.6 Å². The minimum absolute atomic E-state index is 0.0438. The second kappa shape index (κ2) is 36.7. The summed E-state index contributed by atoms with van der Waals surface area (Å²) < 4.78 is 10.3. The number of aliphatic hydroxyl groups excluding tert-OH is 2. The minimum Gasteiger partial charge on any atom is -0.466 e. The first kappa shape index (κ1) is 39.8. The van der Waals surface area contributed by atoms with Crippen LogP contribution in [0.25, 0.3) is 0 Å². The molecule has 0 radical (unpaired) electrons. The maximum Gasteiger partial charge on any atom is 0.305 e. The molecular formula is C31H65NO5S. The summed E-state index contributed by atoms with van der Waals surface area (Å²) in [6, 6.07) is 0. The number of aliphatic hydroxyl groups is 2. The van der Waals surface area contributed by atoms with Crippen molar-refractivity contribution in [3.8, 4) is 0 Å². The first-order valence-corrected chi connectivity index (χ1v) is 16.6. The fourth-order valence-corrected chi connectivity index (χ4v) is 4.42. The third-order valence-electron chi connectivity index (χ3n) is 6.64. The number of ether oxygens (including phenoxy) is 2. The molecule has 0 saturated heterocycles. The van der Waals surface area contributed by atoms with E-state index in [1.54, 1.807) is 0 Å². The number of rotatable bonds is 29. The summed E-state index contributed by atoms with van der Waals surface area (Å²) in [5.41, 5.74) is 0. The van der Waals surface area contributed by atoms with Gasteiger partial charge in [-0.15, -0.1) is 0 Å². The average Bonchev–Trinajstić information content (AvgIpc) is 2.91. The summed E-state index contributed by atoms with van der Waals surface area (Å²) in [7, 11) is 0. The van der Waals surface area contributed by atoms with E-state index in [1.165, 1.54) is 89.9 Å². The lowest BCUT2D eigenvalue weighted by molar-refractivity contribution is -0.143. The summed E-state index contributed by atoms with van der Waals surface area (Å²) in [5.74, 6) is 0.901. The monoisotopic (exact) mass is 563 g/mol. The van der Waals surface area contributed by atoms with Crippen molar-refractivity contribution in [2.45, 2.75) is 142 Å². The standard InChI is InChI=1S/C29H59NO5.C2H6S/c1-2-3-4-5-6-7-11-14-20-27-35-29(33)21-16-15-18-23-30(24-25-31)22-17-12-9-8-10-13-19-26-34-28-32;1-2-3/h31-32H,2-28H2,1H3;3H,2H2,1H3. The fraction of sp³-hybridized carbons (Fsp3) is 0.968. The molecule has 6 nitrogen and oxygen atoms in total. The lowest BCUT2D eigenvalue weighted by Gasteiger charge is -2.21. The fourth-order valence-electron chi connectivity index (χ4n) is 4.42. The molecule has 0 fully saturated rings. The molecule has 0 aromatic carbocycles. The van der Waals surface area contributed by atoms with Gasteiger partial charge in [-0.1, -0.05) is 104 Å². The topological polar surface area (TPSA) is 79.2 Å². The van der Waals surface area contributed by atoms with Gasteiger partial charge in [0.25, 0.3) is 0 Å². The van der Waals surface area contributed by atoms with Gasteiger partial charge in [0, 0.05) is 19.6 Å². The van der Waals surface area contributed by atoms with Crippen molar-refractivity contribution in [3.63, 3.8) is 0 Å². The molecule has 0 aliphatic heterocycles. The number of unbranched alkanes of at least 4 members (excludes halogenated alkanes) is 16. The third kappa shape index (κ3) is 35.7. The highest BCUT2D eigenvalue weighted by Gasteiger charge is 2.06. The molecular weight excluding hydrogens is 498 g/mol. The summed E-state index contributed by atoms with van der Waals surface area (Å²) in [6.45, 7) is 8.31. The molecule has 0 aromatic heterocycles. The Hall–Kier alpha value is -0.340. The zero-order valence-electron chi connectivity index (χ0n) is 25.3. The van der Waals surface area contributed by atoms with Gasteiger partial charge in [0.1, 0.15) is 6.79 Å². The maximum atomic E-state index is 11.9. The van der Waals surface area contributed by atoms with Crippen LogP contribution in [0.2, 0.25) is 0 Å². The Morgan fingerprint density at radius 3 is 1.58 bits per heavy atom. The molecule has 0 heterocycles. The zero-order valence-corrected chi connectivity index (χ0v) is 26.2. The van der Waals surface area contributed by atoms with Crippen LogP contribution in [0.15, 0.2) is 0 Å². The molecule has 0 rings (SSSR count). The first-order chi connectivity index (χ1) is 18.7. The zero-order chi connectivity index (χ0) is 28.4. The Bertz CT molecular complexity index is 442. The van der Waals surface area contributed by atoms with Crippen molar-refractivity contribution in [2.24, 2.45) is 0 Å². The van der Waals surface area contributed by atoms with Gasteiger partial charge >= 0.3 is 5.97 Å². The SMILES string of the molecule is CCCCCCCCCCCOC(=O)CCCCCN(CCO)CCCCCCCCCOCO.CCS. The van der Waals surface area contributed by atoms with Crippen LogP contribution < -0.4 is 0 Å². The summed E-state index contributed by atoms with van der Waals surface area (Å²) in [4.78, 5) is 14.3. The Balaban J connectivity index is 0. The van der Waals surface area contributed by atoms with Crippen LogP contribution in [-0.4, -0.2) is 73.1 Å². The van der Waals surface area contributed by atoms with Crippen molar-refractivity contribution in [2.75, 3.05) is 52.0 Å². The lowest BCUT2D eigenvalue weighted by Crippen LogP contribution is -2.29. The summed E-state index contributed by atoms with van der Waals surface area (Å²) in [6.07, 6.45) is 23.4. The Labute approximate surface area is 242 Å². The Morgan fingerprint density at radius 1 is 0.632 bits per heavy atom. The number of nitrogens with zero attached hydrogens (tertiary/aromatic N) is 1. The summed E-state index contributed by atoms with van der Waals surface area (Å²) in [5, 5.41) is 17.9. The third-order valence-corrected chi connectivity index (χ3v) is 6.64. The van der Waals surface area contributed by atoms with Crippen molar-refractivity contribution < 1.29 is 24.5 Å². The van der Waals surface area contributed by atoms with E-state index in [2.05, 4.69) is 24.5 Å². The van der Waals surface area contributed by atoms with Gasteiger partial charge < -0.3 is 24.6 Å². The van der Waals surface area contributed by atoms with E-state index in [-0.39, 0.29) is 19.4 Å². The van der Waals surface area contributed by atoms with Crippen LogP contribution in [0.1, 0.15) is 142 Å². The highest BCUT2D eigenvalue weighted by atomic mass is 32.1. The van der Waals surface area contributed by atoms with E-state index in [1.807, 2.05) is 6.92 Å². The molecule has 2 N–H and O–H groups in total. The molecule has 0 unspecified atom stereocenters. The van der Waals surface area contributed by atoms with E-state index < -0.39 is 0 Å². The van der Waals surface area contributed by atoms with Gasteiger partial charge in [-0.3, -0.25) is 4.79 Å². The second-order valence-corrected chi connectivity index (χ2v) is 10.9. The largest absolute Gasteiger partial charge is 0.466 e. The van der Waals surface area contributed by atoms with Gasteiger partial charge in [-0.2, -0.15) is 12.6 Å². The summed E-state index contributed by atoms with van der Waals surface area (Å²) >= 11 is 3.79. The molecule has 0 saturated carbocycles. The van der Waals surface area contributed by atoms with Crippen LogP contribution in [0, 0.1) is 0 Å². The van der Waals surface area contributed by atoms with Crippen LogP contribution in [-0.2, 0) is 14.3 Å². The van der Waals surface area contributed by atoms with Gasteiger partial charge in [0.15, 0.2) is 0 Å². The molecule has 0 bridgehead atoms. The first-order valence-electron chi connectivity index (χ1n) is 15.9. The van der Waals surface area contributed by atoms with E-state index in [0.29, 0.717) is 19.6 Å². The van der Waals surface area contributed by atoms with E-state index in [9.17, 15) is 9.90 Å². The molecule has 0 aliphatic rings.